The van der Waals surface area contributed by atoms with Crippen molar-refractivity contribution >= 4 is 16.3 Å². The monoisotopic (exact) mass is 289 g/mol. The van der Waals surface area contributed by atoms with Crippen molar-refractivity contribution in [1.29, 1.82) is 0 Å². The van der Waals surface area contributed by atoms with Gasteiger partial charge >= 0.3 is 0 Å². The number of benzene rings is 1. The second-order valence-corrected chi connectivity index (χ2v) is 5.43. The zero-order valence-corrected chi connectivity index (χ0v) is 11.9. The quantitative estimate of drug-likeness (QED) is 0.767. The summed E-state index contributed by atoms with van der Waals surface area (Å²) < 4.78 is 6.83. The highest BCUT2D eigenvalue weighted by atomic mass is 32.1. The van der Waals surface area contributed by atoms with E-state index in [4.69, 9.17) is 10.5 Å². The van der Waals surface area contributed by atoms with Crippen molar-refractivity contribution in [1.82, 2.24) is 19.8 Å². The lowest BCUT2D eigenvalue weighted by Crippen LogP contribution is -2.02. The molecule has 0 unspecified atom stereocenters. The van der Waals surface area contributed by atoms with Gasteiger partial charge in [0.1, 0.15) is 11.6 Å². The fraction of sp³-hybridized carbons (Fsp3) is 0.308. The lowest BCUT2D eigenvalue weighted by atomic mass is 10.1. The van der Waals surface area contributed by atoms with E-state index in [1.807, 2.05) is 18.2 Å². The highest BCUT2D eigenvalue weighted by Crippen LogP contribution is 2.19. The molecule has 2 N–H and O–H groups in total. The van der Waals surface area contributed by atoms with E-state index in [9.17, 15) is 0 Å². The fourth-order valence-electron chi connectivity index (χ4n) is 2.08. The summed E-state index contributed by atoms with van der Waals surface area (Å²) in [6.07, 6.45) is 0.758. The minimum absolute atomic E-state index is 0.406. The molecule has 0 fully saturated rings. The fourth-order valence-corrected chi connectivity index (χ4v) is 2.95. The van der Waals surface area contributed by atoms with Crippen molar-refractivity contribution in [2.75, 3.05) is 7.11 Å². The summed E-state index contributed by atoms with van der Waals surface area (Å²) in [5.74, 6) is 0.720. The average Bonchev–Trinajstić information content (AvgIpc) is 3.01. The number of hydrogen-bond donors (Lipinski definition) is 1. The van der Waals surface area contributed by atoms with E-state index in [1.165, 1.54) is 16.9 Å². The Hall–Kier alpha value is -1.83. The van der Waals surface area contributed by atoms with E-state index < -0.39 is 0 Å². The highest BCUT2D eigenvalue weighted by Gasteiger charge is 2.12. The maximum absolute atomic E-state index is 5.76. The zero-order chi connectivity index (χ0) is 13.9. The Bertz CT molecular complexity index is 720. The number of rotatable bonds is 5. The molecule has 0 spiro atoms. The number of ether oxygens (including phenoxy) is 1. The van der Waals surface area contributed by atoms with Gasteiger partial charge in [-0.3, -0.25) is 0 Å². The Morgan fingerprint density at radius 2 is 2.05 bits per heavy atom. The summed E-state index contributed by atoms with van der Waals surface area (Å²) in [6, 6.07) is 8.15. The maximum Gasteiger partial charge on any atom is 0.234 e. The number of nitrogens with zero attached hydrogens (tertiary/aromatic N) is 4. The molecule has 0 bridgehead atoms. The molecule has 3 aromatic rings. The molecule has 3 rings (SSSR count). The minimum Gasteiger partial charge on any atom is -0.377 e. The van der Waals surface area contributed by atoms with Gasteiger partial charge in [-0.05, 0) is 11.1 Å². The van der Waals surface area contributed by atoms with Crippen LogP contribution in [0.2, 0.25) is 0 Å². The minimum atomic E-state index is 0.406. The van der Waals surface area contributed by atoms with Gasteiger partial charge in [0.2, 0.25) is 4.96 Å². The van der Waals surface area contributed by atoms with Gasteiger partial charge in [0, 0.05) is 20.1 Å². The van der Waals surface area contributed by atoms with E-state index >= 15 is 0 Å². The van der Waals surface area contributed by atoms with Gasteiger partial charge in [0.25, 0.3) is 0 Å². The third-order valence-electron chi connectivity index (χ3n) is 3.05. The van der Waals surface area contributed by atoms with E-state index in [0.29, 0.717) is 13.2 Å². The Balaban J connectivity index is 1.91. The second kappa shape index (κ2) is 5.66. The molecule has 7 heteroatoms. The molecule has 0 aliphatic heterocycles. The smallest absolute Gasteiger partial charge is 0.234 e. The lowest BCUT2D eigenvalue weighted by Gasteiger charge is -2.04. The van der Waals surface area contributed by atoms with Crippen molar-refractivity contribution in [2.45, 2.75) is 19.6 Å². The van der Waals surface area contributed by atoms with Crippen molar-refractivity contribution in [2.24, 2.45) is 5.73 Å². The predicted octanol–water partition coefficient (Wildman–Crippen LogP) is 1.38. The van der Waals surface area contributed by atoms with Crippen molar-refractivity contribution in [3.63, 3.8) is 0 Å². The SMILES string of the molecule is COCc1nnc2sc(Cc3ccccc3CN)nn12. The van der Waals surface area contributed by atoms with Crippen LogP contribution >= 0.6 is 11.3 Å². The molecule has 0 aliphatic rings. The van der Waals surface area contributed by atoms with Crippen LogP contribution in [0.1, 0.15) is 22.0 Å². The van der Waals surface area contributed by atoms with Crippen LogP contribution in [0.25, 0.3) is 4.96 Å². The van der Waals surface area contributed by atoms with Gasteiger partial charge in [0.05, 0.1) is 0 Å². The lowest BCUT2D eigenvalue weighted by molar-refractivity contribution is 0.176. The van der Waals surface area contributed by atoms with E-state index in [-0.39, 0.29) is 0 Å². The third kappa shape index (κ3) is 2.43. The number of hydrogen-bond acceptors (Lipinski definition) is 6. The molecule has 0 atom stereocenters. The molecule has 20 heavy (non-hydrogen) atoms. The number of aromatic nitrogens is 4. The summed E-state index contributed by atoms with van der Waals surface area (Å²) in [5, 5.41) is 13.7. The Morgan fingerprint density at radius 3 is 2.80 bits per heavy atom. The Labute approximate surface area is 120 Å². The first-order valence-corrected chi connectivity index (χ1v) is 7.09. The van der Waals surface area contributed by atoms with Crippen LogP contribution in [0.4, 0.5) is 0 Å². The summed E-state index contributed by atoms with van der Waals surface area (Å²) in [4.78, 5) is 0.789. The van der Waals surface area contributed by atoms with Crippen LogP contribution in [-0.4, -0.2) is 26.9 Å². The zero-order valence-electron chi connectivity index (χ0n) is 11.1. The molecule has 0 saturated heterocycles. The topological polar surface area (TPSA) is 78.3 Å². The molecule has 2 aromatic heterocycles. The van der Waals surface area contributed by atoms with Crippen molar-refractivity contribution in [3.8, 4) is 0 Å². The molecule has 2 heterocycles. The van der Waals surface area contributed by atoms with Gasteiger partial charge in [-0.15, -0.1) is 10.2 Å². The van der Waals surface area contributed by atoms with Gasteiger partial charge in [0.15, 0.2) is 5.82 Å². The first-order valence-electron chi connectivity index (χ1n) is 6.27. The summed E-state index contributed by atoms with van der Waals surface area (Å²) in [5.41, 5.74) is 8.11. The Kier molecular flexibility index (Phi) is 3.72. The molecule has 0 aliphatic carbocycles. The molecule has 104 valence electrons. The predicted molar refractivity (Wildman–Crippen MR) is 76.5 cm³/mol. The van der Waals surface area contributed by atoms with Crippen LogP contribution in [0, 0.1) is 0 Å². The number of methoxy groups -OCH3 is 1. The van der Waals surface area contributed by atoms with Gasteiger partial charge in [-0.1, -0.05) is 35.6 Å². The summed E-state index contributed by atoms with van der Waals surface area (Å²) >= 11 is 1.54. The molecule has 0 radical (unpaired) electrons. The van der Waals surface area contributed by atoms with Crippen LogP contribution < -0.4 is 5.73 Å². The van der Waals surface area contributed by atoms with Crippen molar-refractivity contribution < 1.29 is 4.74 Å². The van der Waals surface area contributed by atoms with E-state index in [0.717, 1.165) is 27.8 Å². The number of fused-ring (bicyclic) bond motifs is 1. The summed E-state index contributed by atoms with van der Waals surface area (Å²) in [6.45, 7) is 0.943. The van der Waals surface area contributed by atoms with Gasteiger partial charge in [-0.2, -0.15) is 9.61 Å². The standard InChI is InChI=1S/C13H15N5OS/c1-19-8-11-15-16-13-18(11)17-12(20-13)6-9-4-2-3-5-10(9)7-14/h2-5H,6-8,14H2,1H3. The van der Waals surface area contributed by atoms with Crippen LogP contribution in [-0.2, 0) is 24.3 Å². The third-order valence-corrected chi connectivity index (χ3v) is 3.95. The number of nitrogens with two attached hydrogens (primary N) is 1. The van der Waals surface area contributed by atoms with Gasteiger partial charge < -0.3 is 10.5 Å². The first kappa shape index (κ1) is 13.2. The van der Waals surface area contributed by atoms with E-state index in [2.05, 4.69) is 21.4 Å². The molecular weight excluding hydrogens is 274 g/mol. The van der Waals surface area contributed by atoms with Crippen LogP contribution in [0.5, 0.6) is 0 Å². The molecule has 6 nitrogen and oxygen atoms in total. The summed E-state index contributed by atoms with van der Waals surface area (Å²) in [7, 11) is 1.63. The highest BCUT2D eigenvalue weighted by molar-refractivity contribution is 7.16. The normalized spacial score (nSPS) is 11.3. The maximum atomic E-state index is 5.76. The Morgan fingerprint density at radius 1 is 1.25 bits per heavy atom. The molecular formula is C13H15N5OS. The molecule has 1 aromatic carbocycles. The van der Waals surface area contributed by atoms with E-state index in [1.54, 1.807) is 11.6 Å². The van der Waals surface area contributed by atoms with Crippen LogP contribution in [0.15, 0.2) is 24.3 Å². The molecule has 0 saturated carbocycles. The molecule has 0 amide bonds. The average molecular weight is 289 g/mol. The first-order chi connectivity index (χ1) is 9.81. The van der Waals surface area contributed by atoms with Crippen molar-refractivity contribution in [3.05, 3.63) is 46.2 Å². The largest absolute Gasteiger partial charge is 0.377 e. The second-order valence-electron chi connectivity index (χ2n) is 4.39. The van der Waals surface area contributed by atoms with Crippen LogP contribution in [0.3, 0.4) is 0 Å². The van der Waals surface area contributed by atoms with Gasteiger partial charge in [-0.25, -0.2) is 0 Å².